The molecule has 0 saturated carbocycles. The van der Waals surface area contributed by atoms with Gasteiger partial charge in [-0.25, -0.2) is 0 Å². The van der Waals surface area contributed by atoms with Crippen molar-refractivity contribution in [1.82, 2.24) is 5.32 Å². The van der Waals surface area contributed by atoms with Gasteiger partial charge in [-0.3, -0.25) is 4.79 Å². The van der Waals surface area contributed by atoms with Gasteiger partial charge in [0, 0.05) is 0 Å². The molecule has 3 atom stereocenters. The number of hydrogen-bond donors (Lipinski definition) is 4. The molecule has 5 heteroatoms. The van der Waals surface area contributed by atoms with Crippen LogP contribution in [0.4, 0.5) is 0 Å². The lowest BCUT2D eigenvalue weighted by atomic mass is 10.0. The van der Waals surface area contributed by atoms with Crippen LogP contribution >= 0.6 is 0 Å². The normalized spacial score (nSPS) is 14.5. The minimum atomic E-state index is -1.08. The lowest BCUT2D eigenvalue weighted by Gasteiger charge is -2.23. The topological polar surface area (TPSA) is 89.8 Å². The molecule has 0 heterocycles. The van der Waals surface area contributed by atoms with Crippen LogP contribution in [0.3, 0.4) is 0 Å². The quantitative estimate of drug-likeness (QED) is 0.100. The van der Waals surface area contributed by atoms with Gasteiger partial charge in [0.1, 0.15) is 6.10 Å². The van der Waals surface area contributed by atoms with Crippen LogP contribution < -0.4 is 5.32 Å². The zero-order valence-electron chi connectivity index (χ0n) is 21.8. The zero-order valence-corrected chi connectivity index (χ0v) is 21.8. The summed E-state index contributed by atoms with van der Waals surface area (Å²) in [5.41, 5.74) is 0. The standard InChI is InChI=1S/C28H55NO4/c1-3-5-7-9-11-13-15-16-18-20-22-26(31)25(24-30)29-28(33)27(32)23-21-19-17-14-12-10-8-6-4-2/h10,12,25-27,30-32H,3-9,11,13-24H2,1-2H3,(H,29,33)/b12-10-. The lowest BCUT2D eigenvalue weighted by Crippen LogP contribution is -2.49. The van der Waals surface area contributed by atoms with Crippen molar-refractivity contribution in [3.63, 3.8) is 0 Å². The number of unbranched alkanes of at least 4 members (excludes halogenated alkanes) is 14. The first kappa shape index (κ1) is 32.1. The molecule has 0 radical (unpaired) electrons. The van der Waals surface area contributed by atoms with E-state index in [0.717, 1.165) is 44.9 Å². The van der Waals surface area contributed by atoms with Crippen LogP contribution in [0, 0.1) is 0 Å². The fourth-order valence-corrected chi connectivity index (χ4v) is 4.05. The molecule has 196 valence electrons. The maximum absolute atomic E-state index is 12.2. The molecule has 0 rings (SSSR count). The van der Waals surface area contributed by atoms with E-state index in [4.69, 9.17) is 0 Å². The predicted octanol–water partition coefficient (Wildman–Crippen LogP) is 6.19. The summed E-state index contributed by atoms with van der Waals surface area (Å²) in [6, 6.07) is -0.709. The third kappa shape index (κ3) is 20.2. The highest BCUT2D eigenvalue weighted by atomic mass is 16.3. The van der Waals surface area contributed by atoms with E-state index in [-0.39, 0.29) is 6.61 Å². The zero-order chi connectivity index (χ0) is 24.6. The van der Waals surface area contributed by atoms with Gasteiger partial charge in [0.2, 0.25) is 5.91 Å². The summed E-state index contributed by atoms with van der Waals surface area (Å²) < 4.78 is 0. The Morgan fingerprint density at radius 1 is 0.697 bits per heavy atom. The number of carbonyl (C=O) groups excluding carboxylic acids is 1. The number of carbonyl (C=O) groups is 1. The van der Waals surface area contributed by atoms with Crippen LogP contribution in [0.5, 0.6) is 0 Å². The van der Waals surface area contributed by atoms with E-state index in [1.807, 2.05) is 0 Å². The molecular weight excluding hydrogens is 414 g/mol. The maximum atomic E-state index is 12.2. The van der Waals surface area contributed by atoms with Crippen LogP contribution in [0.1, 0.15) is 136 Å². The molecule has 0 aliphatic heterocycles. The summed E-state index contributed by atoms with van der Waals surface area (Å²) in [6.45, 7) is 4.11. The molecule has 0 aliphatic carbocycles. The van der Waals surface area contributed by atoms with Crippen molar-refractivity contribution in [3.8, 4) is 0 Å². The number of allylic oxidation sites excluding steroid dienone is 2. The number of aliphatic hydroxyl groups is 3. The molecule has 0 aromatic rings. The first-order valence-electron chi connectivity index (χ1n) is 14.0. The Hall–Kier alpha value is -0.910. The van der Waals surface area contributed by atoms with E-state index in [0.29, 0.717) is 12.8 Å². The van der Waals surface area contributed by atoms with Gasteiger partial charge in [-0.1, -0.05) is 116 Å². The Labute approximate surface area is 204 Å². The summed E-state index contributed by atoms with van der Waals surface area (Å²) in [6.07, 6.45) is 23.3. The number of rotatable bonds is 24. The van der Waals surface area contributed by atoms with Crippen molar-refractivity contribution in [1.29, 1.82) is 0 Å². The van der Waals surface area contributed by atoms with Gasteiger partial charge in [0.25, 0.3) is 0 Å². The summed E-state index contributed by atoms with van der Waals surface area (Å²) in [7, 11) is 0. The maximum Gasteiger partial charge on any atom is 0.249 e. The molecule has 0 saturated heterocycles. The van der Waals surface area contributed by atoms with Gasteiger partial charge >= 0.3 is 0 Å². The van der Waals surface area contributed by atoms with Gasteiger partial charge in [0.05, 0.1) is 18.8 Å². The highest BCUT2D eigenvalue weighted by Gasteiger charge is 2.23. The molecule has 4 N–H and O–H groups in total. The largest absolute Gasteiger partial charge is 0.394 e. The highest BCUT2D eigenvalue weighted by Crippen LogP contribution is 2.13. The van der Waals surface area contributed by atoms with E-state index >= 15 is 0 Å². The Bertz CT molecular complexity index is 455. The number of aliphatic hydroxyl groups excluding tert-OH is 3. The monoisotopic (exact) mass is 469 g/mol. The third-order valence-corrected chi connectivity index (χ3v) is 6.38. The smallest absolute Gasteiger partial charge is 0.249 e. The molecule has 0 aromatic heterocycles. The van der Waals surface area contributed by atoms with Crippen LogP contribution in [-0.4, -0.2) is 46.1 Å². The Morgan fingerprint density at radius 3 is 1.76 bits per heavy atom. The lowest BCUT2D eigenvalue weighted by molar-refractivity contribution is -0.131. The van der Waals surface area contributed by atoms with Gasteiger partial charge < -0.3 is 20.6 Å². The van der Waals surface area contributed by atoms with Crippen LogP contribution in [0.15, 0.2) is 12.2 Å². The van der Waals surface area contributed by atoms with Crippen molar-refractivity contribution in [3.05, 3.63) is 12.2 Å². The van der Waals surface area contributed by atoms with Crippen molar-refractivity contribution < 1.29 is 20.1 Å². The highest BCUT2D eigenvalue weighted by molar-refractivity contribution is 5.80. The average molecular weight is 470 g/mol. The van der Waals surface area contributed by atoms with Gasteiger partial charge in [-0.2, -0.15) is 0 Å². The van der Waals surface area contributed by atoms with Gasteiger partial charge in [-0.05, 0) is 32.1 Å². The van der Waals surface area contributed by atoms with Crippen molar-refractivity contribution in [2.45, 2.75) is 154 Å². The molecule has 0 fully saturated rings. The fraction of sp³-hybridized carbons (Fsp3) is 0.893. The number of hydrogen-bond acceptors (Lipinski definition) is 4. The average Bonchev–Trinajstić information content (AvgIpc) is 2.82. The summed E-state index contributed by atoms with van der Waals surface area (Å²) in [5, 5.41) is 32.7. The van der Waals surface area contributed by atoms with Crippen LogP contribution in [0.2, 0.25) is 0 Å². The van der Waals surface area contributed by atoms with Crippen LogP contribution in [-0.2, 0) is 4.79 Å². The second-order valence-electron chi connectivity index (χ2n) is 9.60. The van der Waals surface area contributed by atoms with E-state index in [1.165, 1.54) is 64.2 Å². The predicted molar refractivity (Wildman–Crippen MR) is 139 cm³/mol. The summed E-state index contributed by atoms with van der Waals surface area (Å²) in [5.74, 6) is -0.490. The number of amides is 1. The van der Waals surface area contributed by atoms with Gasteiger partial charge in [-0.15, -0.1) is 0 Å². The Balaban J connectivity index is 3.83. The SMILES string of the molecule is CCCC/C=C\CCCCCC(O)C(=O)NC(CO)C(O)CCCCCCCCCCCC. The van der Waals surface area contributed by atoms with E-state index < -0.39 is 24.2 Å². The van der Waals surface area contributed by atoms with Crippen molar-refractivity contribution >= 4 is 5.91 Å². The molecule has 0 aliphatic rings. The second kappa shape index (κ2) is 24.2. The van der Waals surface area contributed by atoms with Crippen molar-refractivity contribution in [2.24, 2.45) is 0 Å². The first-order chi connectivity index (χ1) is 16.1. The molecule has 5 nitrogen and oxygen atoms in total. The molecule has 0 spiro atoms. The molecule has 3 unspecified atom stereocenters. The van der Waals surface area contributed by atoms with E-state index in [1.54, 1.807) is 0 Å². The number of nitrogens with one attached hydrogen (secondary N) is 1. The fourth-order valence-electron chi connectivity index (χ4n) is 4.05. The molecular formula is C28H55NO4. The minimum Gasteiger partial charge on any atom is -0.394 e. The molecule has 1 amide bonds. The Kier molecular flexibility index (Phi) is 23.6. The Morgan fingerprint density at radius 2 is 1.18 bits per heavy atom. The van der Waals surface area contributed by atoms with Crippen molar-refractivity contribution in [2.75, 3.05) is 6.61 Å². The third-order valence-electron chi connectivity index (χ3n) is 6.38. The van der Waals surface area contributed by atoms with Crippen LogP contribution in [0.25, 0.3) is 0 Å². The second-order valence-corrected chi connectivity index (χ2v) is 9.60. The van der Waals surface area contributed by atoms with Gasteiger partial charge in [0.15, 0.2) is 0 Å². The summed E-state index contributed by atoms with van der Waals surface area (Å²) in [4.78, 5) is 12.2. The van der Waals surface area contributed by atoms with E-state index in [9.17, 15) is 20.1 Å². The minimum absolute atomic E-state index is 0.318. The first-order valence-corrected chi connectivity index (χ1v) is 14.0. The molecule has 0 bridgehead atoms. The molecule has 33 heavy (non-hydrogen) atoms. The van der Waals surface area contributed by atoms with E-state index in [2.05, 4.69) is 31.3 Å². The molecule has 0 aromatic carbocycles. The summed E-state index contributed by atoms with van der Waals surface area (Å²) >= 11 is 0.